The summed E-state index contributed by atoms with van der Waals surface area (Å²) < 4.78 is 26.6. The van der Waals surface area contributed by atoms with Crippen molar-refractivity contribution in [3.05, 3.63) is 18.0 Å². The van der Waals surface area contributed by atoms with Gasteiger partial charge in [-0.25, -0.2) is 13.4 Å². The molecule has 1 aliphatic rings. The number of likely N-dealkylation sites (N-methyl/N-ethyl adjacent to an activating group) is 1. The molecule has 2 N–H and O–H groups in total. The predicted molar refractivity (Wildman–Crippen MR) is 80.1 cm³/mol. The van der Waals surface area contributed by atoms with Crippen LogP contribution < -0.4 is 4.83 Å². The molecule has 21 heavy (non-hydrogen) atoms. The minimum atomic E-state index is -3.60. The monoisotopic (exact) mass is 316 g/mol. The van der Waals surface area contributed by atoms with Crippen molar-refractivity contribution in [2.75, 3.05) is 33.2 Å². The Morgan fingerprint density at radius 3 is 2.38 bits per heavy atom. The van der Waals surface area contributed by atoms with Crippen LogP contribution in [0.4, 0.5) is 0 Å². The maximum atomic E-state index is 12.4. The molecule has 0 radical (unpaired) electrons. The van der Waals surface area contributed by atoms with E-state index in [0.717, 1.165) is 13.1 Å². The molecule has 1 saturated heterocycles. The zero-order valence-electron chi connectivity index (χ0n) is 12.8. The lowest BCUT2D eigenvalue weighted by molar-refractivity contribution is 0.135. The van der Waals surface area contributed by atoms with Gasteiger partial charge in [-0.3, -0.25) is 0 Å². The standard InChI is InChI=1S/C13H24N4O3S/c1-11(2)17-9-13(8-12(17)10-18)21(19,20)14-16-6-4-15(3)5-7-16/h8-9,11,14,18H,4-7,10H2,1-3H3. The quantitative estimate of drug-likeness (QED) is 0.800. The van der Waals surface area contributed by atoms with Gasteiger partial charge in [0.15, 0.2) is 0 Å². The lowest BCUT2D eigenvalue weighted by Gasteiger charge is -2.31. The zero-order chi connectivity index (χ0) is 15.6. The molecule has 1 aromatic heterocycles. The Morgan fingerprint density at radius 1 is 1.29 bits per heavy atom. The minimum Gasteiger partial charge on any atom is -0.390 e. The van der Waals surface area contributed by atoms with Gasteiger partial charge >= 0.3 is 0 Å². The first-order chi connectivity index (χ1) is 9.83. The summed E-state index contributed by atoms with van der Waals surface area (Å²) >= 11 is 0. The van der Waals surface area contributed by atoms with Crippen LogP contribution >= 0.6 is 0 Å². The van der Waals surface area contributed by atoms with Crippen molar-refractivity contribution >= 4 is 10.0 Å². The molecule has 0 bridgehead atoms. The number of nitrogens with zero attached hydrogens (tertiary/aromatic N) is 3. The van der Waals surface area contributed by atoms with Crippen LogP contribution in [0.2, 0.25) is 0 Å². The van der Waals surface area contributed by atoms with E-state index < -0.39 is 10.0 Å². The molecule has 0 amide bonds. The summed E-state index contributed by atoms with van der Waals surface area (Å²) in [4.78, 5) is 4.97. The van der Waals surface area contributed by atoms with E-state index in [4.69, 9.17) is 0 Å². The lowest BCUT2D eigenvalue weighted by Crippen LogP contribution is -2.52. The molecule has 2 rings (SSSR count). The number of piperazine rings is 1. The topological polar surface area (TPSA) is 77.8 Å². The molecule has 2 heterocycles. The molecule has 8 heteroatoms. The highest BCUT2D eigenvalue weighted by atomic mass is 32.2. The molecule has 120 valence electrons. The maximum Gasteiger partial charge on any atom is 0.254 e. The second kappa shape index (κ2) is 6.45. The molecular weight excluding hydrogens is 292 g/mol. The number of nitrogens with one attached hydrogen (secondary N) is 1. The largest absolute Gasteiger partial charge is 0.390 e. The Morgan fingerprint density at radius 2 is 1.90 bits per heavy atom. The number of hydrazine groups is 1. The first-order valence-electron chi connectivity index (χ1n) is 7.11. The first-order valence-corrected chi connectivity index (χ1v) is 8.59. The van der Waals surface area contributed by atoms with E-state index >= 15 is 0 Å². The fourth-order valence-electron chi connectivity index (χ4n) is 2.37. The molecule has 0 aromatic carbocycles. The lowest BCUT2D eigenvalue weighted by atomic mass is 10.3. The maximum absolute atomic E-state index is 12.4. The molecule has 0 atom stereocenters. The van der Waals surface area contributed by atoms with E-state index in [1.165, 1.54) is 6.07 Å². The van der Waals surface area contributed by atoms with E-state index in [2.05, 4.69) is 9.73 Å². The average Bonchev–Trinajstić information content (AvgIpc) is 2.86. The number of aromatic nitrogens is 1. The fraction of sp³-hybridized carbons (Fsp3) is 0.692. The summed E-state index contributed by atoms with van der Waals surface area (Å²) in [6.45, 7) is 6.70. The van der Waals surface area contributed by atoms with Gasteiger partial charge < -0.3 is 14.6 Å². The van der Waals surface area contributed by atoms with Crippen LogP contribution in [-0.2, 0) is 16.6 Å². The van der Waals surface area contributed by atoms with Gasteiger partial charge in [0.2, 0.25) is 0 Å². The van der Waals surface area contributed by atoms with Crippen LogP contribution in [0.25, 0.3) is 0 Å². The van der Waals surface area contributed by atoms with Crippen LogP contribution in [0.3, 0.4) is 0 Å². The third-order valence-corrected chi connectivity index (χ3v) is 5.03. The molecule has 1 aliphatic heterocycles. The Labute approximate surface area is 126 Å². The Balaban J connectivity index is 2.16. The van der Waals surface area contributed by atoms with E-state index in [9.17, 15) is 13.5 Å². The fourth-order valence-corrected chi connectivity index (χ4v) is 3.54. The molecule has 7 nitrogen and oxygen atoms in total. The second-order valence-corrected chi connectivity index (χ2v) is 7.37. The summed E-state index contributed by atoms with van der Waals surface area (Å²) in [5, 5.41) is 11.1. The number of sulfonamides is 1. The van der Waals surface area contributed by atoms with Crippen LogP contribution in [0, 0.1) is 0 Å². The predicted octanol–water partition coefficient (Wildman–Crippen LogP) is 0.00200. The molecule has 1 fully saturated rings. The number of hydrogen-bond donors (Lipinski definition) is 2. The van der Waals surface area contributed by atoms with Crippen molar-refractivity contribution in [3.63, 3.8) is 0 Å². The van der Waals surface area contributed by atoms with Crippen LogP contribution in [0.5, 0.6) is 0 Å². The van der Waals surface area contributed by atoms with Crippen molar-refractivity contribution in [1.82, 2.24) is 19.3 Å². The van der Waals surface area contributed by atoms with Crippen LogP contribution in [0.15, 0.2) is 17.2 Å². The third-order valence-electron chi connectivity index (χ3n) is 3.69. The van der Waals surface area contributed by atoms with E-state index in [-0.39, 0.29) is 17.5 Å². The molecule has 0 saturated carbocycles. The highest BCUT2D eigenvalue weighted by Crippen LogP contribution is 2.19. The molecule has 0 unspecified atom stereocenters. The zero-order valence-corrected chi connectivity index (χ0v) is 13.6. The Kier molecular flexibility index (Phi) is 5.05. The molecular formula is C13H24N4O3S. The minimum absolute atomic E-state index is 0.0970. The van der Waals surface area contributed by atoms with E-state index in [1.807, 2.05) is 20.9 Å². The number of hydrogen-bond acceptors (Lipinski definition) is 5. The summed E-state index contributed by atoms with van der Waals surface area (Å²) in [5.74, 6) is 0. The van der Waals surface area contributed by atoms with Crippen molar-refractivity contribution in [2.24, 2.45) is 0 Å². The van der Waals surface area contributed by atoms with Gasteiger partial charge in [0.05, 0.1) is 6.61 Å². The summed E-state index contributed by atoms with van der Waals surface area (Å²) in [6, 6.07) is 1.62. The van der Waals surface area contributed by atoms with E-state index in [1.54, 1.807) is 15.8 Å². The molecule has 0 aliphatic carbocycles. The number of rotatable bonds is 5. The molecule has 0 spiro atoms. The Hall–Kier alpha value is -0.930. The van der Waals surface area contributed by atoms with Gasteiger partial charge in [-0.15, -0.1) is 4.83 Å². The van der Waals surface area contributed by atoms with Gasteiger partial charge in [-0.05, 0) is 27.0 Å². The van der Waals surface area contributed by atoms with Gasteiger partial charge in [0.1, 0.15) is 4.90 Å². The van der Waals surface area contributed by atoms with Gasteiger partial charge in [0, 0.05) is 44.1 Å². The van der Waals surface area contributed by atoms with Crippen molar-refractivity contribution in [1.29, 1.82) is 0 Å². The summed E-state index contributed by atoms with van der Waals surface area (Å²) in [7, 11) is -1.58. The first kappa shape index (κ1) is 16.4. The van der Waals surface area contributed by atoms with Crippen LogP contribution in [0.1, 0.15) is 25.6 Å². The van der Waals surface area contributed by atoms with Crippen molar-refractivity contribution < 1.29 is 13.5 Å². The third kappa shape index (κ3) is 3.83. The van der Waals surface area contributed by atoms with Gasteiger partial charge in [-0.1, -0.05) is 0 Å². The average molecular weight is 316 g/mol. The SMILES string of the molecule is CC(C)n1cc(S(=O)(=O)NN2CCN(C)CC2)cc1CO. The number of aliphatic hydroxyl groups excluding tert-OH is 1. The van der Waals surface area contributed by atoms with Crippen molar-refractivity contribution in [2.45, 2.75) is 31.4 Å². The number of aliphatic hydroxyl groups is 1. The van der Waals surface area contributed by atoms with Crippen molar-refractivity contribution in [3.8, 4) is 0 Å². The van der Waals surface area contributed by atoms with E-state index in [0.29, 0.717) is 18.8 Å². The smallest absolute Gasteiger partial charge is 0.254 e. The summed E-state index contributed by atoms with van der Waals surface area (Å²) in [6.07, 6.45) is 1.58. The highest BCUT2D eigenvalue weighted by Gasteiger charge is 2.23. The summed E-state index contributed by atoms with van der Waals surface area (Å²) in [5.41, 5.74) is 0.601. The van der Waals surface area contributed by atoms with Gasteiger partial charge in [0.25, 0.3) is 10.0 Å². The highest BCUT2D eigenvalue weighted by molar-refractivity contribution is 7.89. The second-order valence-electron chi connectivity index (χ2n) is 5.71. The Bertz CT molecular complexity index is 574. The normalized spacial score (nSPS) is 18.5. The van der Waals surface area contributed by atoms with Gasteiger partial charge in [-0.2, -0.15) is 0 Å². The van der Waals surface area contributed by atoms with Crippen LogP contribution in [-0.4, -0.2) is 61.2 Å². The molecule has 1 aromatic rings.